The number of nitrogens with one attached hydrogen (secondary N) is 1. The Kier molecular flexibility index (Phi) is 5.54. The third-order valence-electron chi connectivity index (χ3n) is 3.51. The topological polar surface area (TPSA) is 82.5 Å². The Morgan fingerprint density at radius 2 is 1.95 bits per heavy atom. The molecule has 0 spiro atoms. The highest BCUT2D eigenvalue weighted by Gasteiger charge is 2.12. The molecule has 1 amide bonds. The molecular weight excluding hydrogens is 270 g/mol. The van der Waals surface area contributed by atoms with E-state index in [2.05, 4.69) is 15.2 Å². The van der Waals surface area contributed by atoms with E-state index in [4.69, 9.17) is 5.11 Å². The summed E-state index contributed by atoms with van der Waals surface area (Å²) < 4.78 is 0. The van der Waals surface area contributed by atoms with E-state index >= 15 is 0 Å². The molecule has 1 aromatic rings. The van der Waals surface area contributed by atoms with Gasteiger partial charge >= 0.3 is 5.97 Å². The van der Waals surface area contributed by atoms with Gasteiger partial charge in [-0.1, -0.05) is 0 Å². The van der Waals surface area contributed by atoms with Crippen molar-refractivity contribution >= 4 is 23.4 Å². The van der Waals surface area contributed by atoms with Crippen LogP contribution in [0.4, 0.5) is 11.5 Å². The zero-order valence-electron chi connectivity index (χ0n) is 12.0. The number of rotatable bonds is 6. The molecule has 2 heterocycles. The molecule has 1 fully saturated rings. The van der Waals surface area contributed by atoms with Gasteiger partial charge in [-0.05, 0) is 37.8 Å². The van der Waals surface area contributed by atoms with Crippen molar-refractivity contribution in [1.29, 1.82) is 0 Å². The van der Waals surface area contributed by atoms with Crippen molar-refractivity contribution in [2.24, 2.45) is 0 Å². The Morgan fingerprint density at radius 3 is 2.57 bits per heavy atom. The lowest BCUT2D eigenvalue weighted by Crippen LogP contribution is -2.30. The van der Waals surface area contributed by atoms with Gasteiger partial charge in [-0.25, -0.2) is 4.98 Å². The Morgan fingerprint density at radius 1 is 1.19 bits per heavy atom. The quantitative estimate of drug-likeness (QED) is 0.840. The van der Waals surface area contributed by atoms with E-state index in [1.54, 1.807) is 6.20 Å². The van der Waals surface area contributed by atoms with Crippen molar-refractivity contribution in [3.8, 4) is 0 Å². The summed E-state index contributed by atoms with van der Waals surface area (Å²) in [6, 6.07) is 3.75. The number of pyridine rings is 1. The Bertz CT molecular complexity index is 481. The SMILES string of the molecule is O=C(O)CCCC(=O)Nc1ccc(N2CCCCC2)nc1. The first-order chi connectivity index (χ1) is 10.1. The average molecular weight is 291 g/mol. The Hall–Kier alpha value is -2.11. The molecule has 1 aliphatic heterocycles. The number of nitrogens with zero attached hydrogens (tertiary/aromatic N) is 2. The standard InChI is InChI=1S/C15H21N3O3/c19-14(5-4-6-15(20)21)17-12-7-8-13(16-11-12)18-9-2-1-3-10-18/h7-8,11H,1-6,9-10H2,(H,17,19)(H,20,21). The van der Waals surface area contributed by atoms with Crippen LogP contribution in [0, 0.1) is 0 Å². The lowest BCUT2D eigenvalue weighted by Gasteiger charge is -2.27. The monoisotopic (exact) mass is 291 g/mol. The second kappa shape index (κ2) is 7.61. The summed E-state index contributed by atoms with van der Waals surface area (Å²) in [7, 11) is 0. The second-order valence-electron chi connectivity index (χ2n) is 5.25. The summed E-state index contributed by atoms with van der Waals surface area (Å²) in [5.74, 6) is -0.113. The van der Waals surface area contributed by atoms with Crippen LogP contribution in [0.2, 0.25) is 0 Å². The summed E-state index contributed by atoms with van der Waals surface area (Å²) in [4.78, 5) is 28.7. The van der Waals surface area contributed by atoms with E-state index in [1.165, 1.54) is 19.3 Å². The van der Waals surface area contributed by atoms with E-state index in [0.717, 1.165) is 18.9 Å². The number of hydrogen-bond acceptors (Lipinski definition) is 4. The second-order valence-corrected chi connectivity index (χ2v) is 5.25. The molecule has 2 N–H and O–H groups in total. The molecule has 0 unspecified atom stereocenters. The van der Waals surface area contributed by atoms with Crippen LogP contribution >= 0.6 is 0 Å². The van der Waals surface area contributed by atoms with Gasteiger partial charge in [0.1, 0.15) is 5.82 Å². The molecule has 21 heavy (non-hydrogen) atoms. The molecule has 6 nitrogen and oxygen atoms in total. The highest BCUT2D eigenvalue weighted by molar-refractivity contribution is 5.90. The first-order valence-corrected chi connectivity index (χ1v) is 7.38. The van der Waals surface area contributed by atoms with Gasteiger partial charge in [-0.15, -0.1) is 0 Å². The number of piperidine rings is 1. The summed E-state index contributed by atoms with van der Waals surface area (Å²) in [5.41, 5.74) is 0.649. The van der Waals surface area contributed by atoms with E-state index in [-0.39, 0.29) is 18.7 Å². The van der Waals surface area contributed by atoms with E-state index < -0.39 is 5.97 Å². The summed E-state index contributed by atoms with van der Waals surface area (Å²) in [6.45, 7) is 2.07. The number of hydrogen-bond donors (Lipinski definition) is 2. The number of aromatic nitrogens is 1. The molecular formula is C15H21N3O3. The van der Waals surface area contributed by atoms with Gasteiger partial charge in [0.2, 0.25) is 5.91 Å². The van der Waals surface area contributed by atoms with Crippen molar-refractivity contribution < 1.29 is 14.7 Å². The first kappa shape index (κ1) is 15.3. The van der Waals surface area contributed by atoms with Crippen molar-refractivity contribution in [3.05, 3.63) is 18.3 Å². The average Bonchev–Trinajstić information content (AvgIpc) is 2.48. The van der Waals surface area contributed by atoms with Gasteiger partial charge in [-0.3, -0.25) is 9.59 Å². The van der Waals surface area contributed by atoms with Crippen LogP contribution in [-0.4, -0.2) is 35.1 Å². The zero-order valence-corrected chi connectivity index (χ0v) is 12.0. The van der Waals surface area contributed by atoms with Crippen LogP contribution < -0.4 is 10.2 Å². The van der Waals surface area contributed by atoms with E-state index in [9.17, 15) is 9.59 Å². The maximum absolute atomic E-state index is 11.6. The van der Waals surface area contributed by atoms with Crippen LogP contribution in [0.25, 0.3) is 0 Å². The predicted molar refractivity (Wildman–Crippen MR) is 80.4 cm³/mol. The Labute approximate surface area is 124 Å². The minimum absolute atomic E-state index is 0.0135. The number of carbonyl (C=O) groups excluding carboxylic acids is 1. The first-order valence-electron chi connectivity index (χ1n) is 7.38. The molecule has 1 aromatic heterocycles. The van der Waals surface area contributed by atoms with E-state index in [0.29, 0.717) is 12.1 Å². The largest absolute Gasteiger partial charge is 0.481 e. The molecule has 0 aromatic carbocycles. The molecule has 0 aliphatic carbocycles. The predicted octanol–water partition coefficient (Wildman–Crippen LogP) is 2.27. The molecule has 114 valence electrons. The summed E-state index contributed by atoms with van der Waals surface area (Å²) >= 11 is 0. The van der Waals surface area contributed by atoms with Crippen molar-refractivity contribution in [1.82, 2.24) is 4.98 Å². The molecule has 0 radical (unpaired) electrons. The molecule has 1 saturated heterocycles. The van der Waals surface area contributed by atoms with Crippen molar-refractivity contribution in [3.63, 3.8) is 0 Å². The van der Waals surface area contributed by atoms with Crippen LogP contribution in [-0.2, 0) is 9.59 Å². The number of anilines is 2. The summed E-state index contributed by atoms with van der Waals surface area (Å²) in [5, 5.41) is 11.3. The van der Waals surface area contributed by atoms with Gasteiger partial charge in [-0.2, -0.15) is 0 Å². The fourth-order valence-corrected chi connectivity index (χ4v) is 2.39. The minimum atomic E-state index is -0.879. The number of aliphatic carboxylic acids is 1. The highest BCUT2D eigenvalue weighted by Crippen LogP contribution is 2.19. The maximum Gasteiger partial charge on any atom is 0.303 e. The fourth-order valence-electron chi connectivity index (χ4n) is 2.39. The van der Waals surface area contributed by atoms with E-state index in [1.807, 2.05) is 12.1 Å². The number of carbonyl (C=O) groups is 2. The lowest BCUT2D eigenvalue weighted by atomic mass is 10.1. The van der Waals surface area contributed by atoms with Crippen molar-refractivity contribution in [2.45, 2.75) is 38.5 Å². The van der Waals surface area contributed by atoms with Gasteiger partial charge < -0.3 is 15.3 Å². The van der Waals surface area contributed by atoms with Gasteiger partial charge in [0.25, 0.3) is 0 Å². The Balaban J connectivity index is 1.81. The molecule has 2 rings (SSSR count). The molecule has 0 bridgehead atoms. The molecule has 0 atom stereocenters. The zero-order chi connectivity index (χ0) is 15.1. The maximum atomic E-state index is 11.6. The van der Waals surface area contributed by atoms with Crippen LogP contribution in [0.3, 0.4) is 0 Å². The molecule has 0 saturated carbocycles. The molecule has 1 aliphatic rings. The highest BCUT2D eigenvalue weighted by atomic mass is 16.4. The number of carboxylic acid groups (broad SMARTS) is 1. The number of amides is 1. The normalized spacial score (nSPS) is 14.8. The smallest absolute Gasteiger partial charge is 0.303 e. The van der Waals surface area contributed by atoms with Gasteiger partial charge in [0.05, 0.1) is 11.9 Å². The lowest BCUT2D eigenvalue weighted by molar-refractivity contribution is -0.137. The fraction of sp³-hybridized carbons (Fsp3) is 0.533. The van der Waals surface area contributed by atoms with Crippen LogP contribution in [0.5, 0.6) is 0 Å². The summed E-state index contributed by atoms with van der Waals surface area (Å²) in [6.07, 6.45) is 5.90. The van der Waals surface area contributed by atoms with Gasteiger partial charge in [0.15, 0.2) is 0 Å². The van der Waals surface area contributed by atoms with Gasteiger partial charge in [0, 0.05) is 25.9 Å². The third-order valence-corrected chi connectivity index (χ3v) is 3.51. The van der Waals surface area contributed by atoms with Crippen molar-refractivity contribution in [2.75, 3.05) is 23.3 Å². The van der Waals surface area contributed by atoms with Crippen LogP contribution in [0.15, 0.2) is 18.3 Å². The van der Waals surface area contributed by atoms with Crippen LogP contribution in [0.1, 0.15) is 38.5 Å². The molecule has 6 heteroatoms. The minimum Gasteiger partial charge on any atom is -0.481 e. The number of carboxylic acids is 1. The third kappa shape index (κ3) is 5.06.